The molecular weight excluding hydrogens is 264 g/mol. The minimum absolute atomic E-state index is 0.422. The van der Waals surface area contributed by atoms with Crippen molar-refractivity contribution in [2.45, 2.75) is 0 Å². The van der Waals surface area contributed by atoms with Crippen molar-refractivity contribution >= 4 is 17.6 Å². The molecule has 2 aromatic rings. The van der Waals surface area contributed by atoms with E-state index in [9.17, 15) is 4.79 Å². The summed E-state index contributed by atoms with van der Waals surface area (Å²) in [6, 6.07) is 12.8. The van der Waals surface area contributed by atoms with Crippen LogP contribution in [0.5, 0.6) is 5.75 Å². The van der Waals surface area contributed by atoms with Crippen molar-refractivity contribution in [1.29, 1.82) is 0 Å². The van der Waals surface area contributed by atoms with E-state index >= 15 is 0 Å². The van der Waals surface area contributed by atoms with Gasteiger partial charge in [-0.25, -0.2) is 4.79 Å². The molecule has 19 heavy (non-hydrogen) atoms. The Hall–Kier alpha value is -2.00. The van der Waals surface area contributed by atoms with Gasteiger partial charge in [-0.1, -0.05) is 41.9 Å². The molecule has 2 aromatic carbocycles. The number of carbonyl (C=O) groups excluding carboxylic acids is 1. The molecule has 0 saturated carbocycles. The van der Waals surface area contributed by atoms with Crippen LogP contribution in [0.4, 0.5) is 0 Å². The number of carbonyl (C=O) groups is 1. The Labute approximate surface area is 116 Å². The van der Waals surface area contributed by atoms with Gasteiger partial charge >= 0.3 is 5.97 Å². The first-order valence-electron chi connectivity index (χ1n) is 5.68. The van der Waals surface area contributed by atoms with Crippen LogP contribution in [0.15, 0.2) is 42.5 Å². The average Bonchev–Trinajstić information content (AvgIpc) is 2.47. The third-order valence-corrected chi connectivity index (χ3v) is 3.08. The lowest BCUT2D eigenvalue weighted by molar-refractivity contribution is 0.0601. The van der Waals surface area contributed by atoms with Crippen LogP contribution >= 0.6 is 11.6 Å². The number of esters is 1. The minimum Gasteiger partial charge on any atom is -0.495 e. The molecule has 0 fully saturated rings. The standard InChI is InChI=1S/C15H13ClO3/c1-18-14-9-12(15(17)19-2)11(8-13(14)16)10-6-4-3-5-7-10/h3-9H,1-2H3. The van der Waals surface area contributed by atoms with Crippen LogP contribution in [0.3, 0.4) is 0 Å². The zero-order chi connectivity index (χ0) is 13.8. The summed E-state index contributed by atoms with van der Waals surface area (Å²) in [6.45, 7) is 0. The summed E-state index contributed by atoms with van der Waals surface area (Å²) in [4.78, 5) is 11.9. The third kappa shape index (κ3) is 2.71. The molecule has 0 unspecified atom stereocenters. The smallest absolute Gasteiger partial charge is 0.338 e. The van der Waals surface area contributed by atoms with E-state index in [4.69, 9.17) is 21.1 Å². The zero-order valence-corrected chi connectivity index (χ0v) is 11.4. The van der Waals surface area contributed by atoms with Gasteiger partial charge in [0.15, 0.2) is 0 Å². The zero-order valence-electron chi connectivity index (χ0n) is 10.6. The van der Waals surface area contributed by atoms with Crippen molar-refractivity contribution in [3.63, 3.8) is 0 Å². The topological polar surface area (TPSA) is 35.5 Å². The lowest BCUT2D eigenvalue weighted by atomic mass is 9.99. The largest absolute Gasteiger partial charge is 0.495 e. The molecule has 3 nitrogen and oxygen atoms in total. The van der Waals surface area contributed by atoms with Gasteiger partial charge in [-0.3, -0.25) is 0 Å². The van der Waals surface area contributed by atoms with Crippen molar-refractivity contribution in [2.24, 2.45) is 0 Å². The lowest BCUT2D eigenvalue weighted by Crippen LogP contribution is -2.04. The molecule has 0 aliphatic heterocycles. The molecule has 0 radical (unpaired) electrons. The summed E-state index contributed by atoms with van der Waals surface area (Å²) in [5.41, 5.74) is 2.04. The fraction of sp³-hybridized carbons (Fsp3) is 0.133. The molecule has 0 heterocycles. The SMILES string of the molecule is COC(=O)c1cc(OC)c(Cl)cc1-c1ccccc1. The number of ether oxygens (including phenoxy) is 2. The molecule has 0 aliphatic carbocycles. The molecule has 0 atom stereocenters. The first kappa shape index (κ1) is 13.4. The van der Waals surface area contributed by atoms with E-state index in [-0.39, 0.29) is 0 Å². The highest BCUT2D eigenvalue weighted by molar-refractivity contribution is 6.32. The van der Waals surface area contributed by atoms with E-state index in [1.807, 2.05) is 30.3 Å². The van der Waals surface area contributed by atoms with Crippen LogP contribution in [-0.2, 0) is 4.74 Å². The van der Waals surface area contributed by atoms with Crippen molar-refractivity contribution in [3.05, 3.63) is 53.1 Å². The second-order valence-corrected chi connectivity index (χ2v) is 4.30. The fourth-order valence-corrected chi connectivity index (χ4v) is 2.09. The molecule has 0 N–H and O–H groups in total. The Balaban J connectivity index is 2.65. The summed E-state index contributed by atoms with van der Waals surface area (Å²) in [5, 5.41) is 0.453. The van der Waals surface area contributed by atoms with Gasteiger partial charge in [-0.05, 0) is 23.3 Å². The van der Waals surface area contributed by atoms with Crippen LogP contribution in [0.25, 0.3) is 11.1 Å². The molecule has 4 heteroatoms. The highest BCUT2D eigenvalue weighted by atomic mass is 35.5. The second kappa shape index (κ2) is 5.76. The van der Waals surface area contributed by atoms with Gasteiger partial charge in [0.1, 0.15) is 5.75 Å². The summed E-state index contributed by atoms with van der Waals surface area (Å²) < 4.78 is 9.93. The second-order valence-electron chi connectivity index (χ2n) is 3.89. The maximum Gasteiger partial charge on any atom is 0.338 e. The highest BCUT2D eigenvalue weighted by Gasteiger charge is 2.17. The predicted octanol–water partition coefficient (Wildman–Crippen LogP) is 3.80. The summed E-state index contributed by atoms with van der Waals surface area (Å²) in [7, 11) is 2.85. The number of hydrogen-bond acceptors (Lipinski definition) is 3. The molecule has 98 valence electrons. The molecule has 2 rings (SSSR count). The summed E-state index contributed by atoms with van der Waals surface area (Å²) in [6.07, 6.45) is 0. The van der Waals surface area contributed by atoms with Gasteiger partial charge in [-0.15, -0.1) is 0 Å². The molecule has 0 aromatic heterocycles. The molecule has 0 spiro atoms. The van der Waals surface area contributed by atoms with E-state index in [0.29, 0.717) is 16.3 Å². The number of rotatable bonds is 3. The van der Waals surface area contributed by atoms with Crippen molar-refractivity contribution in [2.75, 3.05) is 14.2 Å². The monoisotopic (exact) mass is 276 g/mol. The van der Waals surface area contributed by atoms with E-state index in [2.05, 4.69) is 0 Å². The Morgan fingerprint density at radius 2 is 1.79 bits per heavy atom. The number of halogens is 1. The van der Waals surface area contributed by atoms with Crippen molar-refractivity contribution < 1.29 is 14.3 Å². The van der Waals surface area contributed by atoms with Crippen LogP contribution in [0.2, 0.25) is 5.02 Å². The third-order valence-electron chi connectivity index (χ3n) is 2.78. The van der Waals surface area contributed by atoms with Crippen LogP contribution in [0, 0.1) is 0 Å². The Bertz CT molecular complexity index is 594. The Morgan fingerprint density at radius 3 is 2.37 bits per heavy atom. The van der Waals surface area contributed by atoms with Crippen LogP contribution in [-0.4, -0.2) is 20.2 Å². The summed E-state index contributed by atoms with van der Waals surface area (Å²) in [5.74, 6) is 0.0237. The highest BCUT2D eigenvalue weighted by Crippen LogP contribution is 2.34. The minimum atomic E-state index is -0.422. The first-order valence-corrected chi connectivity index (χ1v) is 6.06. The van der Waals surface area contributed by atoms with Gasteiger partial charge in [0, 0.05) is 0 Å². The van der Waals surface area contributed by atoms with Gasteiger partial charge < -0.3 is 9.47 Å². The predicted molar refractivity (Wildman–Crippen MR) is 74.8 cm³/mol. The average molecular weight is 277 g/mol. The first-order chi connectivity index (χ1) is 9.17. The molecular formula is C15H13ClO3. The van der Waals surface area contributed by atoms with Gasteiger partial charge in [0.05, 0.1) is 24.8 Å². The molecule has 0 saturated heterocycles. The Morgan fingerprint density at radius 1 is 1.11 bits per heavy atom. The number of benzene rings is 2. The number of hydrogen-bond donors (Lipinski definition) is 0. The maximum absolute atomic E-state index is 11.9. The fourth-order valence-electron chi connectivity index (χ4n) is 1.85. The lowest BCUT2D eigenvalue weighted by Gasteiger charge is -2.11. The van der Waals surface area contributed by atoms with E-state index in [1.165, 1.54) is 14.2 Å². The van der Waals surface area contributed by atoms with E-state index < -0.39 is 5.97 Å². The van der Waals surface area contributed by atoms with E-state index in [0.717, 1.165) is 11.1 Å². The van der Waals surface area contributed by atoms with Gasteiger partial charge in [-0.2, -0.15) is 0 Å². The quantitative estimate of drug-likeness (QED) is 0.800. The van der Waals surface area contributed by atoms with Crippen molar-refractivity contribution in [3.8, 4) is 16.9 Å². The summed E-state index contributed by atoms with van der Waals surface area (Å²) >= 11 is 6.12. The number of methoxy groups -OCH3 is 2. The van der Waals surface area contributed by atoms with Crippen molar-refractivity contribution in [1.82, 2.24) is 0 Å². The molecule has 0 amide bonds. The maximum atomic E-state index is 11.9. The van der Waals surface area contributed by atoms with Gasteiger partial charge in [0.2, 0.25) is 0 Å². The van der Waals surface area contributed by atoms with Gasteiger partial charge in [0.25, 0.3) is 0 Å². The Kier molecular flexibility index (Phi) is 4.07. The van der Waals surface area contributed by atoms with E-state index in [1.54, 1.807) is 12.1 Å². The normalized spacial score (nSPS) is 10.1. The van der Waals surface area contributed by atoms with Crippen LogP contribution < -0.4 is 4.74 Å². The molecule has 0 aliphatic rings. The van der Waals surface area contributed by atoms with Crippen LogP contribution in [0.1, 0.15) is 10.4 Å². The molecule has 0 bridgehead atoms.